The second-order valence-corrected chi connectivity index (χ2v) is 10.2. The van der Waals surface area contributed by atoms with Gasteiger partial charge in [0.15, 0.2) is 5.65 Å². The van der Waals surface area contributed by atoms with Crippen LogP contribution in [0.3, 0.4) is 0 Å². The number of alkyl halides is 3. The highest BCUT2D eigenvalue weighted by atomic mass is 35.5. The van der Waals surface area contributed by atoms with Gasteiger partial charge in [0.25, 0.3) is 5.91 Å². The molecular weight excluding hydrogens is 545 g/mol. The van der Waals surface area contributed by atoms with Crippen LogP contribution < -0.4 is 11.4 Å². The van der Waals surface area contributed by atoms with Crippen LogP contribution in [0.2, 0.25) is 5.02 Å². The minimum atomic E-state index is -4.74. The molecule has 0 aliphatic carbocycles. The Kier molecular flexibility index (Phi) is 8.65. The molecule has 0 saturated heterocycles. The van der Waals surface area contributed by atoms with Crippen LogP contribution in [0.4, 0.5) is 13.2 Å². The summed E-state index contributed by atoms with van der Waals surface area (Å²) in [6.45, 7) is 5.61. The highest BCUT2D eigenvalue weighted by molar-refractivity contribution is 6.34. The van der Waals surface area contributed by atoms with Crippen molar-refractivity contribution in [3.8, 4) is 0 Å². The minimum absolute atomic E-state index is 0.0444. The molecule has 12 heteroatoms. The van der Waals surface area contributed by atoms with Crippen LogP contribution >= 0.6 is 11.6 Å². The van der Waals surface area contributed by atoms with Gasteiger partial charge in [-0.15, -0.1) is 0 Å². The van der Waals surface area contributed by atoms with E-state index in [2.05, 4.69) is 5.10 Å². The maximum atomic E-state index is 14.0. The molecule has 0 aliphatic heterocycles. The summed E-state index contributed by atoms with van der Waals surface area (Å²) in [6, 6.07) is 12.9. The molecule has 0 unspecified atom stereocenters. The standard InChI is InChI=1S/C28H30ClF3N6O2/c1-17(2)23(36(15-9-14-33)26(39)20-12-7-8-13-21(20)28(30,31)32)25-34-24-22(29)18(3)35-38(24)27(40)37(25)16-19-10-5-4-6-11-19/h4-8,10-13,17,23H,9,14-16,33H2,1-3H3/t23-/m0/s1. The van der Waals surface area contributed by atoms with Crippen LogP contribution in [-0.2, 0) is 12.7 Å². The highest BCUT2D eigenvalue weighted by Gasteiger charge is 2.39. The van der Waals surface area contributed by atoms with Crippen molar-refractivity contribution in [3.63, 3.8) is 0 Å². The van der Waals surface area contributed by atoms with Gasteiger partial charge in [-0.2, -0.15) is 22.8 Å². The van der Waals surface area contributed by atoms with Crippen molar-refractivity contribution in [1.29, 1.82) is 0 Å². The SMILES string of the molecule is Cc1nn2c(=O)n(Cc3ccccc3)c([C@H](C(C)C)N(CCCN)C(=O)c3ccccc3C(F)(F)F)nc2c1Cl. The monoisotopic (exact) mass is 574 g/mol. The normalized spacial score (nSPS) is 12.7. The number of nitrogens with zero attached hydrogens (tertiary/aromatic N) is 5. The van der Waals surface area contributed by atoms with Gasteiger partial charge in [0, 0.05) is 6.54 Å². The molecule has 40 heavy (non-hydrogen) atoms. The van der Waals surface area contributed by atoms with Crippen molar-refractivity contribution in [2.45, 2.75) is 46.0 Å². The van der Waals surface area contributed by atoms with Crippen LogP contribution in [0, 0.1) is 12.8 Å². The van der Waals surface area contributed by atoms with Crippen molar-refractivity contribution in [1.82, 2.24) is 24.1 Å². The minimum Gasteiger partial charge on any atom is -0.330 e. The van der Waals surface area contributed by atoms with Crippen LogP contribution in [0.1, 0.15) is 59.3 Å². The Morgan fingerprint density at radius 2 is 1.75 bits per heavy atom. The molecule has 8 nitrogen and oxygen atoms in total. The second-order valence-electron chi connectivity index (χ2n) is 9.83. The van der Waals surface area contributed by atoms with Gasteiger partial charge in [-0.1, -0.05) is 67.9 Å². The summed E-state index contributed by atoms with van der Waals surface area (Å²) in [4.78, 5) is 33.8. The molecule has 2 N–H and O–H groups in total. The Morgan fingerprint density at radius 3 is 2.38 bits per heavy atom. The first-order valence-corrected chi connectivity index (χ1v) is 13.2. The van der Waals surface area contributed by atoms with E-state index in [9.17, 15) is 22.8 Å². The van der Waals surface area contributed by atoms with Gasteiger partial charge in [0.05, 0.1) is 29.4 Å². The first kappa shape index (κ1) is 29.3. The number of amides is 1. The molecule has 2 heterocycles. The third-order valence-corrected chi connectivity index (χ3v) is 7.06. The molecular formula is C28H30ClF3N6O2. The van der Waals surface area contributed by atoms with E-state index in [1.165, 1.54) is 21.6 Å². The number of halogens is 4. The lowest BCUT2D eigenvalue weighted by Gasteiger charge is -2.35. The first-order chi connectivity index (χ1) is 19.0. The Balaban J connectivity index is 1.97. The Labute approximate surface area is 234 Å². The van der Waals surface area contributed by atoms with Gasteiger partial charge in [-0.3, -0.25) is 9.36 Å². The summed E-state index contributed by atoms with van der Waals surface area (Å²) in [5, 5.41) is 4.42. The number of aryl methyl sites for hydroxylation is 1. The molecule has 0 aliphatic rings. The van der Waals surface area contributed by atoms with Gasteiger partial charge in [0.2, 0.25) is 0 Å². The topological polar surface area (TPSA) is 98.5 Å². The van der Waals surface area contributed by atoms with E-state index in [-0.39, 0.29) is 42.0 Å². The van der Waals surface area contributed by atoms with E-state index >= 15 is 0 Å². The predicted octanol–water partition coefficient (Wildman–Crippen LogP) is 5.11. The maximum Gasteiger partial charge on any atom is 0.417 e. The van der Waals surface area contributed by atoms with Crippen molar-refractivity contribution < 1.29 is 18.0 Å². The lowest BCUT2D eigenvalue weighted by molar-refractivity contribution is -0.138. The fourth-order valence-electron chi connectivity index (χ4n) is 4.74. The largest absolute Gasteiger partial charge is 0.417 e. The van der Waals surface area contributed by atoms with Gasteiger partial charge in [0.1, 0.15) is 10.8 Å². The van der Waals surface area contributed by atoms with Gasteiger partial charge in [-0.25, -0.2) is 9.78 Å². The smallest absolute Gasteiger partial charge is 0.330 e. The van der Waals surface area contributed by atoms with E-state index in [1.54, 1.807) is 6.92 Å². The molecule has 1 amide bonds. The van der Waals surface area contributed by atoms with Crippen molar-refractivity contribution in [2.24, 2.45) is 11.7 Å². The van der Waals surface area contributed by atoms with Crippen molar-refractivity contribution in [2.75, 3.05) is 13.1 Å². The number of aromatic nitrogens is 4. The third-order valence-electron chi connectivity index (χ3n) is 6.62. The summed E-state index contributed by atoms with van der Waals surface area (Å²) < 4.78 is 44.2. The zero-order valence-electron chi connectivity index (χ0n) is 22.3. The summed E-state index contributed by atoms with van der Waals surface area (Å²) in [5.41, 5.74) is 4.98. The lowest BCUT2D eigenvalue weighted by atomic mass is 9.98. The number of nitrogens with two attached hydrogens (primary N) is 1. The summed E-state index contributed by atoms with van der Waals surface area (Å²) in [6.07, 6.45) is -4.42. The van der Waals surface area contributed by atoms with Crippen LogP contribution in [0.5, 0.6) is 0 Å². The van der Waals surface area contributed by atoms with Crippen molar-refractivity contribution in [3.05, 3.63) is 98.3 Å². The molecule has 0 spiro atoms. The van der Waals surface area contributed by atoms with Crippen molar-refractivity contribution >= 4 is 23.2 Å². The molecule has 0 bridgehead atoms. The number of benzene rings is 2. The van der Waals surface area contributed by atoms with E-state index in [0.717, 1.165) is 22.2 Å². The number of hydrogen-bond donors (Lipinski definition) is 1. The molecule has 0 fully saturated rings. The highest BCUT2D eigenvalue weighted by Crippen LogP contribution is 2.35. The number of hydrogen-bond acceptors (Lipinski definition) is 5. The second kappa shape index (κ2) is 11.8. The Morgan fingerprint density at radius 1 is 1.10 bits per heavy atom. The Bertz CT molecular complexity index is 1570. The zero-order valence-corrected chi connectivity index (χ0v) is 23.1. The quantitative estimate of drug-likeness (QED) is 0.300. The maximum absolute atomic E-state index is 14.0. The van der Waals surface area contributed by atoms with Crippen LogP contribution in [0.15, 0.2) is 59.4 Å². The molecule has 0 radical (unpaired) electrons. The van der Waals surface area contributed by atoms with Gasteiger partial charge < -0.3 is 10.6 Å². The summed E-state index contributed by atoms with van der Waals surface area (Å²) >= 11 is 6.46. The number of carbonyl (C=O) groups excluding carboxylic acids is 1. The van der Waals surface area contributed by atoms with E-state index in [1.807, 2.05) is 44.2 Å². The zero-order chi connectivity index (χ0) is 29.2. The molecule has 1 atom stereocenters. The van der Waals surface area contributed by atoms with E-state index in [0.29, 0.717) is 12.1 Å². The predicted molar refractivity (Wildman–Crippen MR) is 146 cm³/mol. The number of fused-ring (bicyclic) bond motifs is 1. The summed E-state index contributed by atoms with van der Waals surface area (Å²) in [5.74, 6) is -1.01. The molecule has 2 aromatic heterocycles. The molecule has 2 aromatic carbocycles. The average Bonchev–Trinajstić information content (AvgIpc) is 3.21. The molecule has 4 aromatic rings. The summed E-state index contributed by atoms with van der Waals surface area (Å²) in [7, 11) is 0. The fourth-order valence-corrected chi connectivity index (χ4v) is 4.91. The van der Waals surface area contributed by atoms with Gasteiger partial charge >= 0.3 is 11.9 Å². The number of rotatable bonds is 9. The lowest BCUT2D eigenvalue weighted by Crippen LogP contribution is -2.43. The number of carbonyl (C=O) groups is 1. The van der Waals surface area contributed by atoms with Crippen LogP contribution in [0.25, 0.3) is 5.65 Å². The Hall–Kier alpha value is -3.70. The van der Waals surface area contributed by atoms with Crippen LogP contribution in [-0.4, -0.2) is 43.1 Å². The van der Waals surface area contributed by atoms with Gasteiger partial charge in [-0.05, 0) is 43.5 Å². The third kappa shape index (κ3) is 5.75. The molecule has 0 saturated carbocycles. The fraction of sp³-hybridized carbons (Fsp3) is 0.357. The average molecular weight is 575 g/mol. The first-order valence-electron chi connectivity index (χ1n) is 12.8. The molecule has 212 valence electrons. The van der Waals surface area contributed by atoms with E-state index < -0.39 is 34.9 Å². The van der Waals surface area contributed by atoms with E-state index in [4.69, 9.17) is 22.3 Å². The molecule has 4 rings (SSSR count).